The normalized spacial score (nSPS) is 25.7. The van der Waals surface area contributed by atoms with Crippen molar-refractivity contribution in [2.24, 2.45) is 5.92 Å². The van der Waals surface area contributed by atoms with Crippen LogP contribution < -0.4 is 15.4 Å². The molecular formula is C18H25ClF2N2O2. The zero-order valence-electron chi connectivity index (χ0n) is 14.3. The average Bonchev–Trinajstić information content (AvgIpc) is 2.54. The second kappa shape index (κ2) is 8.81. The lowest BCUT2D eigenvalue weighted by molar-refractivity contribution is -0.127. The fraction of sp³-hybridized carbons (Fsp3) is 0.611. The molecule has 2 N–H and O–H groups in total. The number of ether oxygens (including phenoxy) is 1. The lowest BCUT2D eigenvalue weighted by Gasteiger charge is -2.31. The maximum atomic E-state index is 12.6. The summed E-state index contributed by atoms with van der Waals surface area (Å²) in [5, 5.41) is 6.52. The zero-order chi connectivity index (χ0) is 17.1. The number of fused-ring (bicyclic) bond motifs is 1. The SMILES string of the molecule is C[C@H]1C[C@@H](C(=O)NC2CCCc3cc(OC(F)F)ccc32)CCN1.Cl. The van der Waals surface area contributed by atoms with E-state index in [1.165, 1.54) is 0 Å². The zero-order valence-corrected chi connectivity index (χ0v) is 15.1. The van der Waals surface area contributed by atoms with E-state index in [1.54, 1.807) is 12.1 Å². The van der Waals surface area contributed by atoms with Crippen molar-refractivity contribution in [3.05, 3.63) is 29.3 Å². The summed E-state index contributed by atoms with van der Waals surface area (Å²) in [6, 6.07) is 5.37. The molecule has 1 aliphatic carbocycles. The van der Waals surface area contributed by atoms with Crippen molar-refractivity contribution < 1.29 is 18.3 Å². The molecule has 4 nitrogen and oxygen atoms in total. The lowest BCUT2D eigenvalue weighted by atomic mass is 9.86. The molecule has 7 heteroatoms. The smallest absolute Gasteiger partial charge is 0.387 e. The molecule has 0 spiro atoms. The van der Waals surface area contributed by atoms with Gasteiger partial charge in [-0.2, -0.15) is 8.78 Å². The fourth-order valence-corrected chi connectivity index (χ4v) is 3.78. The maximum absolute atomic E-state index is 12.6. The highest BCUT2D eigenvalue weighted by molar-refractivity contribution is 5.85. The van der Waals surface area contributed by atoms with Crippen molar-refractivity contribution in [2.45, 2.75) is 57.7 Å². The number of hydrogen-bond donors (Lipinski definition) is 2. The van der Waals surface area contributed by atoms with Crippen molar-refractivity contribution in [1.82, 2.24) is 10.6 Å². The molecule has 0 radical (unpaired) electrons. The molecule has 0 saturated carbocycles. The van der Waals surface area contributed by atoms with Crippen LogP contribution in [0, 0.1) is 5.92 Å². The summed E-state index contributed by atoms with van der Waals surface area (Å²) in [5.74, 6) is 0.338. The van der Waals surface area contributed by atoms with Gasteiger partial charge in [0.15, 0.2) is 0 Å². The van der Waals surface area contributed by atoms with E-state index in [0.29, 0.717) is 6.04 Å². The Bertz CT molecular complexity index is 600. The third kappa shape index (κ3) is 5.05. The first-order valence-corrected chi connectivity index (χ1v) is 8.64. The summed E-state index contributed by atoms with van der Waals surface area (Å²) in [4.78, 5) is 12.6. The van der Waals surface area contributed by atoms with Crippen molar-refractivity contribution in [3.63, 3.8) is 0 Å². The number of carbonyl (C=O) groups excluding carboxylic acids is 1. The van der Waals surface area contributed by atoms with Crippen LogP contribution in [0.1, 0.15) is 49.8 Å². The lowest BCUT2D eigenvalue weighted by Crippen LogP contribution is -2.43. The Hall–Kier alpha value is -1.40. The van der Waals surface area contributed by atoms with Crippen LogP contribution in [0.4, 0.5) is 8.78 Å². The number of amides is 1. The van der Waals surface area contributed by atoms with Crippen LogP contribution in [0.2, 0.25) is 0 Å². The number of carbonyl (C=O) groups is 1. The second-order valence-electron chi connectivity index (χ2n) is 6.77. The minimum Gasteiger partial charge on any atom is -0.435 e. The number of alkyl halides is 2. The first kappa shape index (κ1) is 19.9. The Balaban J connectivity index is 0.00000225. The van der Waals surface area contributed by atoms with E-state index in [0.717, 1.165) is 49.8 Å². The van der Waals surface area contributed by atoms with Crippen LogP contribution in [0.15, 0.2) is 18.2 Å². The van der Waals surface area contributed by atoms with Gasteiger partial charge < -0.3 is 15.4 Å². The van der Waals surface area contributed by atoms with Crippen molar-refractivity contribution >= 4 is 18.3 Å². The van der Waals surface area contributed by atoms with Gasteiger partial charge in [-0.1, -0.05) is 6.07 Å². The second-order valence-corrected chi connectivity index (χ2v) is 6.77. The summed E-state index contributed by atoms with van der Waals surface area (Å²) in [6.07, 6.45) is 4.35. The number of hydrogen-bond acceptors (Lipinski definition) is 3. The maximum Gasteiger partial charge on any atom is 0.387 e. The third-order valence-corrected chi connectivity index (χ3v) is 4.96. The molecule has 0 bridgehead atoms. The Morgan fingerprint density at radius 2 is 2.16 bits per heavy atom. The van der Waals surface area contributed by atoms with Gasteiger partial charge in [-0.15, -0.1) is 12.4 Å². The van der Waals surface area contributed by atoms with Gasteiger partial charge in [-0.25, -0.2) is 0 Å². The summed E-state index contributed by atoms with van der Waals surface area (Å²) >= 11 is 0. The fourth-order valence-electron chi connectivity index (χ4n) is 3.78. The summed E-state index contributed by atoms with van der Waals surface area (Å²) in [7, 11) is 0. The highest BCUT2D eigenvalue weighted by atomic mass is 35.5. The minimum atomic E-state index is -2.82. The molecule has 25 heavy (non-hydrogen) atoms. The standard InChI is InChI=1S/C18H24F2N2O2.ClH/c1-11-9-13(7-8-21-11)17(23)22-16-4-2-3-12-10-14(24-18(19)20)5-6-15(12)16;/h5-6,10-11,13,16,18,21H,2-4,7-9H2,1H3,(H,22,23);1H/t11-,13-,16?;/m0./s1. The van der Waals surface area contributed by atoms with E-state index in [-0.39, 0.29) is 36.0 Å². The third-order valence-electron chi connectivity index (χ3n) is 4.96. The molecule has 1 amide bonds. The number of halogens is 3. The van der Waals surface area contributed by atoms with E-state index in [1.807, 2.05) is 6.07 Å². The molecule has 3 atom stereocenters. The molecule has 1 saturated heterocycles. The van der Waals surface area contributed by atoms with E-state index < -0.39 is 6.61 Å². The van der Waals surface area contributed by atoms with E-state index in [9.17, 15) is 13.6 Å². The summed E-state index contributed by atoms with van der Waals surface area (Å²) in [5.41, 5.74) is 2.02. The topological polar surface area (TPSA) is 50.4 Å². The molecule has 3 rings (SSSR count). The predicted molar refractivity (Wildman–Crippen MR) is 94.3 cm³/mol. The number of piperidine rings is 1. The monoisotopic (exact) mass is 374 g/mol. The Labute approximate surface area is 153 Å². The van der Waals surface area contributed by atoms with Gasteiger partial charge in [0.25, 0.3) is 0 Å². The quantitative estimate of drug-likeness (QED) is 0.846. The van der Waals surface area contributed by atoms with Gasteiger partial charge in [-0.05, 0) is 68.8 Å². The van der Waals surface area contributed by atoms with Crippen LogP contribution in [-0.4, -0.2) is 25.1 Å². The number of benzene rings is 1. The van der Waals surface area contributed by atoms with Gasteiger partial charge in [0.05, 0.1) is 6.04 Å². The van der Waals surface area contributed by atoms with Gasteiger partial charge in [0, 0.05) is 12.0 Å². The van der Waals surface area contributed by atoms with E-state index in [4.69, 9.17) is 0 Å². The van der Waals surface area contributed by atoms with E-state index in [2.05, 4.69) is 22.3 Å². The predicted octanol–water partition coefficient (Wildman–Crippen LogP) is 3.59. The van der Waals surface area contributed by atoms with Gasteiger partial charge >= 0.3 is 6.61 Å². The van der Waals surface area contributed by atoms with Crippen LogP contribution in [0.25, 0.3) is 0 Å². The van der Waals surface area contributed by atoms with Gasteiger partial charge in [0.2, 0.25) is 5.91 Å². The van der Waals surface area contributed by atoms with Crippen LogP contribution in [0.5, 0.6) is 5.75 Å². The number of rotatable bonds is 4. The molecule has 1 aromatic carbocycles. The van der Waals surface area contributed by atoms with Gasteiger partial charge in [-0.3, -0.25) is 4.79 Å². The molecule has 1 aromatic rings. The van der Waals surface area contributed by atoms with Crippen LogP contribution >= 0.6 is 12.4 Å². The minimum absolute atomic E-state index is 0. The Morgan fingerprint density at radius 3 is 2.88 bits per heavy atom. The van der Waals surface area contributed by atoms with Crippen molar-refractivity contribution in [1.29, 1.82) is 0 Å². The summed E-state index contributed by atoms with van der Waals surface area (Å²) < 4.78 is 29.2. The largest absolute Gasteiger partial charge is 0.435 e. The highest BCUT2D eigenvalue weighted by Gasteiger charge is 2.28. The van der Waals surface area contributed by atoms with Crippen LogP contribution in [-0.2, 0) is 11.2 Å². The number of aryl methyl sites for hydroxylation is 1. The molecular weight excluding hydrogens is 350 g/mol. The number of nitrogens with one attached hydrogen (secondary N) is 2. The molecule has 2 aliphatic rings. The van der Waals surface area contributed by atoms with Crippen molar-refractivity contribution in [3.8, 4) is 5.75 Å². The Kier molecular flexibility index (Phi) is 7.02. The molecule has 1 aliphatic heterocycles. The summed E-state index contributed by atoms with van der Waals surface area (Å²) in [6.45, 7) is 0.151. The molecule has 1 heterocycles. The van der Waals surface area contributed by atoms with Crippen LogP contribution in [0.3, 0.4) is 0 Å². The molecule has 0 aromatic heterocycles. The first-order valence-electron chi connectivity index (χ1n) is 8.64. The van der Waals surface area contributed by atoms with Gasteiger partial charge in [0.1, 0.15) is 5.75 Å². The molecule has 140 valence electrons. The average molecular weight is 375 g/mol. The molecule has 1 unspecified atom stereocenters. The first-order chi connectivity index (χ1) is 11.5. The Morgan fingerprint density at radius 1 is 1.36 bits per heavy atom. The van der Waals surface area contributed by atoms with E-state index >= 15 is 0 Å². The van der Waals surface area contributed by atoms with Crippen molar-refractivity contribution in [2.75, 3.05) is 6.54 Å². The molecule has 1 fully saturated rings. The highest BCUT2D eigenvalue weighted by Crippen LogP contribution is 2.33.